The lowest BCUT2D eigenvalue weighted by molar-refractivity contribution is -0.139. The first-order valence-corrected chi connectivity index (χ1v) is 2.95. The van der Waals surface area contributed by atoms with Crippen LogP contribution in [0.1, 0.15) is 0 Å². The fraction of sp³-hybridized carbons (Fsp3) is 0.500. The number of carbonyl (C=O) groups is 1. The molecule has 0 aliphatic heterocycles. The minimum absolute atomic E-state index is 0.509. The molecule has 0 saturated heterocycles. The van der Waals surface area contributed by atoms with Crippen LogP contribution in [0.3, 0.4) is 0 Å². The molecular formula is C6H10O5. The number of carbonyl (C=O) groups excluding carboxylic acids is 1. The molecule has 0 fully saturated rings. The number of aliphatic hydroxyl groups is 4. The van der Waals surface area contributed by atoms with Crippen molar-refractivity contribution in [1.82, 2.24) is 0 Å². The van der Waals surface area contributed by atoms with E-state index < -0.39 is 24.8 Å². The zero-order valence-electron chi connectivity index (χ0n) is 5.71. The summed E-state index contributed by atoms with van der Waals surface area (Å²) >= 11 is 0. The van der Waals surface area contributed by atoms with Crippen molar-refractivity contribution >= 4 is 5.78 Å². The van der Waals surface area contributed by atoms with Crippen molar-refractivity contribution in [2.45, 2.75) is 12.4 Å². The van der Waals surface area contributed by atoms with Gasteiger partial charge in [0.15, 0.2) is 0 Å². The summed E-state index contributed by atoms with van der Waals surface area (Å²) in [6.07, 6.45) is -1.43. The molecule has 64 valence electrons. The van der Waals surface area contributed by atoms with Crippen LogP contribution in [0.4, 0.5) is 0 Å². The van der Waals surface area contributed by atoms with E-state index in [9.17, 15) is 4.79 Å². The van der Waals surface area contributed by atoms with E-state index in [1.54, 1.807) is 0 Å². The van der Waals surface area contributed by atoms with Crippen LogP contribution < -0.4 is 0 Å². The highest BCUT2D eigenvalue weighted by Gasteiger charge is 2.06. The van der Waals surface area contributed by atoms with Crippen molar-refractivity contribution in [1.29, 1.82) is 0 Å². The summed E-state index contributed by atoms with van der Waals surface area (Å²) < 4.78 is 0. The van der Waals surface area contributed by atoms with Gasteiger partial charge in [-0.15, -0.1) is 0 Å². The Bertz CT molecular complexity index is 151. The van der Waals surface area contributed by atoms with Crippen molar-refractivity contribution in [2.75, 3.05) is 6.61 Å². The molecule has 0 aromatic rings. The first-order valence-electron chi connectivity index (χ1n) is 2.95. The molecule has 0 rings (SSSR count). The molecule has 0 aromatic heterocycles. The van der Waals surface area contributed by atoms with E-state index in [0.717, 1.165) is 12.2 Å². The topological polar surface area (TPSA) is 98.0 Å². The number of hydrogen-bond acceptors (Lipinski definition) is 5. The quantitative estimate of drug-likeness (QED) is 0.277. The van der Waals surface area contributed by atoms with Crippen LogP contribution >= 0.6 is 0 Å². The van der Waals surface area contributed by atoms with Gasteiger partial charge in [0.25, 0.3) is 0 Å². The van der Waals surface area contributed by atoms with Gasteiger partial charge in [-0.1, -0.05) is 6.08 Å². The zero-order valence-corrected chi connectivity index (χ0v) is 5.71. The summed E-state index contributed by atoms with van der Waals surface area (Å²) in [5.74, 6) is -0.933. The molecule has 5 heteroatoms. The number of aliphatic hydroxyl groups excluding tert-OH is 3. The highest BCUT2D eigenvalue weighted by molar-refractivity contribution is 5.92. The van der Waals surface area contributed by atoms with Crippen molar-refractivity contribution in [2.24, 2.45) is 0 Å². The number of hydrogen-bond donors (Lipinski definition) is 4. The Balaban J connectivity index is 3.83. The summed E-state index contributed by atoms with van der Waals surface area (Å²) in [7, 11) is 0. The molecule has 0 amide bonds. The standard InChI is InChI=1S/C6H10O5/c7-3-4(8)1-2-5(9)6(10)11/h1-2,4,6-8,10-11H,3H2/b2-1+/t4-/m0/s1. The van der Waals surface area contributed by atoms with E-state index in [-0.39, 0.29) is 0 Å². The first-order chi connectivity index (χ1) is 5.07. The van der Waals surface area contributed by atoms with Gasteiger partial charge in [0.2, 0.25) is 12.1 Å². The molecule has 0 unspecified atom stereocenters. The molecule has 4 N–H and O–H groups in total. The van der Waals surface area contributed by atoms with Crippen LogP contribution in [0.25, 0.3) is 0 Å². The number of ketones is 1. The second-order valence-corrected chi connectivity index (χ2v) is 1.89. The Kier molecular flexibility index (Phi) is 4.64. The lowest BCUT2D eigenvalue weighted by atomic mass is 10.3. The van der Waals surface area contributed by atoms with E-state index in [4.69, 9.17) is 20.4 Å². The van der Waals surface area contributed by atoms with E-state index in [2.05, 4.69) is 0 Å². The highest BCUT2D eigenvalue weighted by atomic mass is 16.5. The molecule has 0 aromatic carbocycles. The largest absolute Gasteiger partial charge is 0.393 e. The maximum Gasteiger partial charge on any atom is 0.216 e. The van der Waals surface area contributed by atoms with E-state index in [0.29, 0.717) is 0 Å². The molecule has 0 bridgehead atoms. The predicted molar refractivity (Wildman–Crippen MR) is 35.5 cm³/mol. The van der Waals surface area contributed by atoms with Crippen LogP contribution in [-0.4, -0.2) is 45.2 Å². The van der Waals surface area contributed by atoms with E-state index >= 15 is 0 Å². The molecule has 0 aliphatic rings. The van der Waals surface area contributed by atoms with Crippen LogP contribution in [0.5, 0.6) is 0 Å². The Hall–Kier alpha value is -0.750. The molecule has 0 aliphatic carbocycles. The molecule has 0 spiro atoms. The molecule has 0 radical (unpaired) electrons. The average Bonchev–Trinajstić information content (AvgIpc) is 1.99. The Morgan fingerprint density at radius 1 is 1.36 bits per heavy atom. The summed E-state index contributed by atoms with van der Waals surface area (Å²) in [6.45, 7) is -0.509. The lowest BCUT2D eigenvalue weighted by Crippen LogP contribution is -2.17. The predicted octanol–water partition coefficient (Wildman–Crippen LogP) is -2.22. The molecule has 0 heterocycles. The summed E-state index contributed by atoms with van der Waals surface area (Å²) in [4.78, 5) is 10.4. The van der Waals surface area contributed by atoms with Crippen LogP contribution in [0.15, 0.2) is 12.2 Å². The summed E-state index contributed by atoms with van der Waals surface area (Å²) in [6, 6.07) is 0. The van der Waals surface area contributed by atoms with Gasteiger partial charge in [-0.2, -0.15) is 0 Å². The second-order valence-electron chi connectivity index (χ2n) is 1.89. The third-order valence-electron chi connectivity index (χ3n) is 0.924. The molecule has 0 saturated carbocycles. The Labute approximate surface area is 63.2 Å². The molecule has 11 heavy (non-hydrogen) atoms. The highest BCUT2D eigenvalue weighted by Crippen LogP contribution is 1.87. The maximum absolute atomic E-state index is 10.4. The third kappa shape index (κ3) is 4.63. The lowest BCUT2D eigenvalue weighted by Gasteiger charge is -1.98. The third-order valence-corrected chi connectivity index (χ3v) is 0.924. The van der Waals surface area contributed by atoms with Gasteiger partial charge in [-0.05, 0) is 6.08 Å². The van der Waals surface area contributed by atoms with Crippen LogP contribution in [0.2, 0.25) is 0 Å². The normalized spacial score (nSPS) is 14.3. The molecular weight excluding hydrogens is 152 g/mol. The van der Waals surface area contributed by atoms with Gasteiger partial charge in [-0.3, -0.25) is 4.79 Å². The smallest absolute Gasteiger partial charge is 0.216 e. The van der Waals surface area contributed by atoms with E-state index in [1.165, 1.54) is 0 Å². The Morgan fingerprint density at radius 2 is 1.91 bits per heavy atom. The fourth-order valence-corrected chi connectivity index (χ4v) is 0.353. The second kappa shape index (κ2) is 4.97. The van der Waals surface area contributed by atoms with Crippen molar-refractivity contribution in [3.63, 3.8) is 0 Å². The average molecular weight is 162 g/mol. The van der Waals surface area contributed by atoms with Crippen molar-refractivity contribution in [3.05, 3.63) is 12.2 Å². The van der Waals surface area contributed by atoms with Gasteiger partial charge in [0.05, 0.1) is 12.7 Å². The maximum atomic E-state index is 10.4. The van der Waals surface area contributed by atoms with Gasteiger partial charge in [0, 0.05) is 0 Å². The summed E-state index contributed by atoms with van der Waals surface area (Å²) in [5.41, 5.74) is 0. The molecule has 5 nitrogen and oxygen atoms in total. The van der Waals surface area contributed by atoms with Crippen LogP contribution in [0, 0.1) is 0 Å². The van der Waals surface area contributed by atoms with Gasteiger partial charge < -0.3 is 20.4 Å². The minimum Gasteiger partial charge on any atom is -0.393 e. The van der Waals surface area contributed by atoms with Crippen molar-refractivity contribution < 1.29 is 25.2 Å². The first kappa shape index (κ1) is 10.2. The van der Waals surface area contributed by atoms with Gasteiger partial charge in [0.1, 0.15) is 0 Å². The van der Waals surface area contributed by atoms with Crippen LogP contribution in [-0.2, 0) is 4.79 Å². The monoisotopic (exact) mass is 162 g/mol. The number of rotatable bonds is 4. The van der Waals surface area contributed by atoms with Gasteiger partial charge in [-0.25, -0.2) is 0 Å². The fourth-order valence-electron chi connectivity index (χ4n) is 0.353. The van der Waals surface area contributed by atoms with Gasteiger partial charge >= 0.3 is 0 Å². The van der Waals surface area contributed by atoms with E-state index in [1.807, 2.05) is 0 Å². The Morgan fingerprint density at radius 3 is 2.27 bits per heavy atom. The zero-order chi connectivity index (χ0) is 8.85. The molecule has 1 atom stereocenters. The van der Waals surface area contributed by atoms with Crippen molar-refractivity contribution in [3.8, 4) is 0 Å². The SMILES string of the molecule is O=C(/C=C/[C@H](O)CO)C(O)O. The minimum atomic E-state index is -2.06. The summed E-state index contributed by atoms with van der Waals surface area (Å²) in [5, 5.41) is 33.3.